The van der Waals surface area contributed by atoms with Crippen molar-refractivity contribution in [3.05, 3.63) is 59.4 Å². The van der Waals surface area contributed by atoms with Crippen molar-refractivity contribution in [3.63, 3.8) is 0 Å². The van der Waals surface area contributed by atoms with Gasteiger partial charge in [-0.1, -0.05) is 26.0 Å². The van der Waals surface area contributed by atoms with Crippen molar-refractivity contribution >= 4 is 27.6 Å². The number of esters is 1. The maximum Gasteiger partial charge on any atom is 0.340 e. The highest BCUT2D eigenvalue weighted by molar-refractivity contribution is 7.92. The molecule has 0 heterocycles. The number of benzene rings is 2. The number of rotatable bonds is 8. The normalized spacial score (nSPS) is 12.3. The maximum absolute atomic E-state index is 13.4. The number of halogens is 1. The summed E-state index contributed by atoms with van der Waals surface area (Å²) in [5, 5.41) is 2.71. The fourth-order valence-electron chi connectivity index (χ4n) is 2.41. The fourth-order valence-corrected chi connectivity index (χ4v) is 3.57. The van der Waals surface area contributed by atoms with Crippen LogP contribution in [0.1, 0.15) is 36.7 Å². The van der Waals surface area contributed by atoms with Crippen LogP contribution in [0.2, 0.25) is 0 Å². The number of sulfonamides is 1. The molecule has 0 aliphatic heterocycles. The average Bonchev–Trinajstić information content (AvgIpc) is 2.68. The molecule has 1 unspecified atom stereocenters. The first-order valence-corrected chi connectivity index (χ1v) is 10.8. The summed E-state index contributed by atoms with van der Waals surface area (Å²) >= 11 is 0. The molecule has 0 bridgehead atoms. The van der Waals surface area contributed by atoms with Gasteiger partial charge in [-0.15, -0.1) is 0 Å². The zero-order chi connectivity index (χ0) is 22.5. The summed E-state index contributed by atoms with van der Waals surface area (Å²) in [5.41, 5.74) is 0.109. The zero-order valence-electron chi connectivity index (χ0n) is 17.2. The molecule has 0 aromatic heterocycles. The summed E-state index contributed by atoms with van der Waals surface area (Å²) in [5.74, 6) is -1.61. The Morgan fingerprint density at radius 3 is 2.40 bits per heavy atom. The van der Waals surface area contributed by atoms with Crippen molar-refractivity contribution in [1.82, 2.24) is 5.32 Å². The van der Waals surface area contributed by atoms with Gasteiger partial charge < -0.3 is 10.1 Å². The molecule has 0 radical (unpaired) electrons. The van der Waals surface area contributed by atoms with Crippen molar-refractivity contribution in [3.8, 4) is 0 Å². The molecule has 2 N–H and O–H groups in total. The first kappa shape index (κ1) is 23.3. The quantitative estimate of drug-likeness (QED) is 0.619. The Kier molecular flexibility index (Phi) is 7.55. The number of aryl methyl sites for hydroxylation is 1. The van der Waals surface area contributed by atoms with Gasteiger partial charge in [-0.3, -0.25) is 9.52 Å². The number of amides is 1. The Balaban J connectivity index is 2.14. The van der Waals surface area contributed by atoms with Gasteiger partial charge in [0.1, 0.15) is 5.82 Å². The van der Waals surface area contributed by atoms with E-state index in [1.807, 2.05) is 20.8 Å². The van der Waals surface area contributed by atoms with Crippen LogP contribution in [0.3, 0.4) is 0 Å². The van der Waals surface area contributed by atoms with Crippen LogP contribution in [0.4, 0.5) is 10.1 Å². The minimum Gasteiger partial charge on any atom is -0.452 e. The van der Waals surface area contributed by atoms with Gasteiger partial charge in [-0.05, 0) is 55.7 Å². The molecule has 30 heavy (non-hydrogen) atoms. The number of anilines is 1. The third-order valence-corrected chi connectivity index (χ3v) is 5.92. The highest BCUT2D eigenvalue weighted by Crippen LogP contribution is 2.22. The Bertz CT molecular complexity index is 1040. The lowest BCUT2D eigenvalue weighted by molar-refractivity contribution is -0.125. The second-order valence-corrected chi connectivity index (χ2v) is 8.92. The standard InChI is InChI=1S/C21H25FN2O5S/c1-13(2)15(4)23-20(25)12-29-21(26)17-7-5-6-8-19(17)24-30(27,28)16-9-10-18(22)14(3)11-16/h5-11,13,15,24H,12H2,1-4H3,(H,23,25). The molecule has 0 saturated carbocycles. The molecule has 0 aliphatic rings. The molecule has 7 nitrogen and oxygen atoms in total. The van der Waals surface area contributed by atoms with E-state index in [0.717, 1.165) is 12.1 Å². The van der Waals surface area contributed by atoms with Gasteiger partial charge in [0.25, 0.3) is 15.9 Å². The predicted octanol–water partition coefficient (Wildman–Crippen LogP) is 3.25. The molecular formula is C21H25FN2O5S. The van der Waals surface area contributed by atoms with E-state index in [-0.39, 0.29) is 33.7 Å². The van der Waals surface area contributed by atoms with Crippen LogP contribution >= 0.6 is 0 Å². The van der Waals surface area contributed by atoms with E-state index in [4.69, 9.17) is 4.74 Å². The summed E-state index contributed by atoms with van der Waals surface area (Å²) in [6, 6.07) is 9.15. The van der Waals surface area contributed by atoms with Gasteiger partial charge in [0.2, 0.25) is 0 Å². The number of nitrogens with one attached hydrogen (secondary N) is 2. The third-order valence-electron chi connectivity index (χ3n) is 4.55. The molecule has 2 aromatic carbocycles. The number of para-hydroxylation sites is 1. The smallest absolute Gasteiger partial charge is 0.340 e. The minimum absolute atomic E-state index is 0.0135. The minimum atomic E-state index is -4.07. The fraction of sp³-hybridized carbons (Fsp3) is 0.333. The van der Waals surface area contributed by atoms with Crippen LogP contribution in [-0.2, 0) is 19.6 Å². The Hall–Kier alpha value is -2.94. The summed E-state index contributed by atoms with van der Waals surface area (Å²) < 4.78 is 46.1. The third kappa shape index (κ3) is 6.03. The summed E-state index contributed by atoms with van der Waals surface area (Å²) in [7, 11) is -4.07. The van der Waals surface area contributed by atoms with Crippen LogP contribution in [-0.4, -0.2) is 32.9 Å². The molecule has 2 rings (SSSR count). The lowest BCUT2D eigenvalue weighted by Crippen LogP contribution is -2.38. The monoisotopic (exact) mass is 436 g/mol. The molecule has 162 valence electrons. The predicted molar refractivity (Wildman–Crippen MR) is 111 cm³/mol. The lowest BCUT2D eigenvalue weighted by Gasteiger charge is -2.17. The number of hydrogen-bond donors (Lipinski definition) is 2. The number of ether oxygens (including phenoxy) is 1. The molecule has 0 aliphatic carbocycles. The molecule has 2 aromatic rings. The second kappa shape index (κ2) is 9.71. The topological polar surface area (TPSA) is 102 Å². The van der Waals surface area contributed by atoms with Gasteiger partial charge in [0.05, 0.1) is 16.1 Å². The first-order valence-electron chi connectivity index (χ1n) is 9.35. The van der Waals surface area contributed by atoms with Gasteiger partial charge in [-0.25, -0.2) is 17.6 Å². The Labute approximate surface area is 175 Å². The Morgan fingerprint density at radius 1 is 1.10 bits per heavy atom. The van der Waals surface area contributed by atoms with E-state index < -0.39 is 34.3 Å². The van der Waals surface area contributed by atoms with Crippen LogP contribution in [0, 0.1) is 18.7 Å². The largest absolute Gasteiger partial charge is 0.452 e. The number of carbonyl (C=O) groups excluding carboxylic acids is 2. The molecule has 0 spiro atoms. The van der Waals surface area contributed by atoms with Crippen LogP contribution in [0.25, 0.3) is 0 Å². The molecule has 9 heteroatoms. The van der Waals surface area contributed by atoms with E-state index in [1.54, 1.807) is 6.07 Å². The van der Waals surface area contributed by atoms with Crippen LogP contribution < -0.4 is 10.0 Å². The van der Waals surface area contributed by atoms with Crippen molar-refractivity contribution in [2.75, 3.05) is 11.3 Å². The molecular weight excluding hydrogens is 411 g/mol. The van der Waals surface area contributed by atoms with Gasteiger partial charge in [0, 0.05) is 6.04 Å². The van der Waals surface area contributed by atoms with Crippen LogP contribution in [0.5, 0.6) is 0 Å². The van der Waals surface area contributed by atoms with E-state index in [0.29, 0.717) is 0 Å². The van der Waals surface area contributed by atoms with E-state index >= 15 is 0 Å². The second-order valence-electron chi connectivity index (χ2n) is 7.24. The lowest BCUT2D eigenvalue weighted by atomic mass is 10.1. The summed E-state index contributed by atoms with van der Waals surface area (Å²) in [6.07, 6.45) is 0. The van der Waals surface area contributed by atoms with Gasteiger partial charge >= 0.3 is 5.97 Å². The van der Waals surface area contributed by atoms with Crippen LogP contribution in [0.15, 0.2) is 47.4 Å². The van der Waals surface area contributed by atoms with Crippen molar-refractivity contribution < 1.29 is 27.1 Å². The number of carbonyl (C=O) groups is 2. The van der Waals surface area contributed by atoms with Gasteiger partial charge in [0.15, 0.2) is 6.61 Å². The van der Waals surface area contributed by atoms with E-state index in [2.05, 4.69) is 10.0 Å². The Morgan fingerprint density at radius 2 is 1.77 bits per heavy atom. The SMILES string of the molecule is Cc1cc(S(=O)(=O)Nc2ccccc2C(=O)OCC(=O)NC(C)C(C)C)ccc1F. The average molecular weight is 437 g/mol. The van der Waals surface area contributed by atoms with E-state index in [9.17, 15) is 22.4 Å². The number of hydrogen-bond acceptors (Lipinski definition) is 5. The summed E-state index contributed by atoms with van der Waals surface area (Å²) in [6.45, 7) is 6.69. The van der Waals surface area contributed by atoms with Crippen molar-refractivity contribution in [2.24, 2.45) is 5.92 Å². The molecule has 0 fully saturated rings. The molecule has 1 amide bonds. The molecule has 1 atom stereocenters. The maximum atomic E-state index is 13.4. The highest BCUT2D eigenvalue weighted by Gasteiger charge is 2.21. The highest BCUT2D eigenvalue weighted by atomic mass is 32.2. The zero-order valence-corrected chi connectivity index (χ0v) is 18.0. The summed E-state index contributed by atoms with van der Waals surface area (Å²) in [4.78, 5) is 24.2. The first-order chi connectivity index (χ1) is 14.0. The van der Waals surface area contributed by atoms with Crippen molar-refractivity contribution in [1.29, 1.82) is 0 Å². The van der Waals surface area contributed by atoms with Gasteiger partial charge in [-0.2, -0.15) is 0 Å². The van der Waals surface area contributed by atoms with Crippen molar-refractivity contribution in [2.45, 2.75) is 38.6 Å². The van der Waals surface area contributed by atoms with E-state index in [1.165, 1.54) is 31.2 Å². The molecule has 0 saturated heterocycles.